The molecule has 1 fully saturated rings. The quantitative estimate of drug-likeness (QED) is 0.825. The van der Waals surface area contributed by atoms with Crippen LogP contribution in [-0.4, -0.2) is 32.0 Å². The number of sulfonamides is 1. The molecule has 0 amide bonds. The van der Waals surface area contributed by atoms with Gasteiger partial charge >= 0.3 is 0 Å². The standard InChI is InChI=1S/C15H23N3O2S2/c1-2-6-15-16-13-8-7-12(11-14(13)21-17-15)22(19,20)18-9-4-3-5-10-18/h7-8,11,15-17H,2-6,9-10H2,1H3. The highest BCUT2D eigenvalue weighted by Gasteiger charge is 2.27. The summed E-state index contributed by atoms with van der Waals surface area (Å²) in [5.74, 6) is 0. The third-order valence-corrected chi connectivity index (χ3v) is 6.98. The molecule has 22 heavy (non-hydrogen) atoms. The van der Waals surface area contributed by atoms with Crippen LogP contribution in [0.2, 0.25) is 0 Å². The molecular formula is C15H23N3O2S2. The first-order valence-electron chi connectivity index (χ1n) is 7.94. The average molecular weight is 342 g/mol. The van der Waals surface area contributed by atoms with E-state index >= 15 is 0 Å². The van der Waals surface area contributed by atoms with E-state index in [1.807, 2.05) is 6.07 Å². The van der Waals surface area contributed by atoms with Crippen molar-refractivity contribution in [2.45, 2.75) is 55.0 Å². The van der Waals surface area contributed by atoms with Gasteiger partial charge < -0.3 is 5.32 Å². The molecule has 2 N–H and O–H groups in total. The fourth-order valence-electron chi connectivity index (χ4n) is 2.89. The van der Waals surface area contributed by atoms with Gasteiger partial charge in [0.15, 0.2) is 0 Å². The lowest BCUT2D eigenvalue weighted by Crippen LogP contribution is -2.36. The predicted molar refractivity (Wildman–Crippen MR) is 90.4 cm³/mol. The average Bonchev–Trinajstić information content (AvgIpc) is 2.55. The summed E-state index contributed by atoms with van der Waals surface area (Å²) in [6.45, 7) is 3.43. The van der Waals surface area contributed by atoms with E-state index in [1.165, 1.54) is 11.9 Å². The first-order chi connectivity index (χ1) is 10.6. The fourth-order valence-corrected chi connectivity index (χ4v) is 5.38. The van der Waals surface area contributed by atoms with Gasteiger partial charge in [-0.15, -0.1) is 0 Å². The number of rotatable bonds is 4. The Kier molecular flexibility index (Phi) is 4.97. The van der Waals surface area contributed by atoms with Gasteiger partial charge in [-0.1, -0.05) is 19.8 Å². The van der Waals surface area contributed by atoms with Gasteiger partial charge in [0, 0.05) is 18.0 Å². The minimum absolute atomic E-state index is 0.243. The van der Waals surface area contributed by atoms with Gasteiger partial charge in [0.05, 0.1) is 16.7 Å². The topological polar surface area (TPSA) is 61.4 Å². The molecule has 2 aliphatic heterocycles. The van der Waals surface area contributed by atoms with Crippen molar-refractivity contribution < 1.29 is 8.42 Å². The SMILES string of the molecule is CCCC1NSc2cc(S(=O)(=O)N3CCCCC3)ccc2N1. The van der Waals surface area contributed by atoms with Gasteiger partial charge in [0.2, 0.25) is 10.0 Å². The van der Waals surface area contributed by atoms with E-state index in [1.54, 1.807) is 16.4 Å². The second-order valence-corrected chi connectivity index (χ2v) is 8.65. The summed E-state index contributed by atoms with van der Waals surface area (Å²) < 4.78 is 30.4. The van der Waals surface area contributed by atoms with Crippen LogP contribution in [0.4, 0.5) is 5.69 Å². The maximum Gasteiger partial charge on any atom is 0.243 e. The Bertz CT molecular complexity index is 628. The van der Waals surface area contributed by atoms with Crippen molar-refractivity contribution in [3.05, 3.63) is 18.2 Å². The molecule has 1 saturated heterocycles. The molecule has 2 heterocycles. The molecular weight excluding hydrogens is 318 g/mol. The van der Waals surface area contributed by atoms with Crippen LogP contribution in [0, 0.1) is 0 Å². The summed E-state index contributed by atoms with van der Waals surface area (Å²) in [4.78, 5) is 1.35. The van der Waals surface area contributed by atoms with Crippen molar-refractivity contribution >= 4 is 27.7 Å². The lowest BCUT2D eigenvalue weighted by Gasteiger charge is -2.29. The molecule has 1 unspecified atom stereocenters. The molecule has 0 saturated carbocycles. The second kappa shape index (κ2) is 6.78. The molecule has 0 spiro atoms. The summed E-state index contributed by atoms with van der Waals surface area (Å²) in [6, 6.07) is 5.40. The number of nitrogens with zero attached hydrogens (tertiary/aromatic N) is 1. The van der Waals surface area contributed by atoms with Crippen LogP contribution in [0.25, 0.3) is 0 Å². The minimum Gasteiger partial charge on any atom is -0.368 e. The number of hydrogen-bond donors (Lipinski definition) is 2. The van der Waals surface area contributed by atoms with E-state index in [2.05, 4.69) is 17.0 Å². The van der Waals surface area contributed by atoms with Crippen LogP contribution < -0.4 is 10.0 Å². The van der Waals surface area contributed by atoms with Crippen molar-refractivity contribution in [3.8, 4) is 0 Å². The van der Waals surface area contributed by atoms with Crippen LogP contribution in [0.3, 0.4) is 0 Å². The van der Waals surface area contributed by atoms with E-state index in [0.717, 1.165) is 42.7 Å². The molecule has 5 nitrogen and oxygen atoms in total. The van der Waals surface area contributed by atoms with Crippen molar-refractivity contribution in [1.82, 2.24) is 9.03 Å². The second-order valence-electron chi connectivity index (χ2n) is 5.83. The zero-order valence-electron chi connectivity index (χ0n) is 12.8. The highest BCUT2D eigenvalue weighted by atomic mass is 32.2. The Balaban J connectivity index is 1.82. The Morgan fingerprint density at radius 1 is 1.27 bits per heavy atom. The number of anilines is 1. The van der Waals surface area contributed by atoms with E-state index in [0.29, 0.717) is 18.0 Å². The molecule has 7 heteroatoms. The molecule has 1 atom stereocenters. The van der Waals surface area contributed by atoms with E-state index in [9.17, 15) is 8.42 Å². The van der Waals surface area contributed by atoms with Gasteiger partial charge in [0.25, 0.3) is 0 Å². The molecule has 122 valence electrons. The first kappa shape index (κ1) is 16.1. The monoisotopic (exact) mass is 341 g/mol. The van der Waals surface area contributed by atoms with Crippen molar-refractivity contribution in [1.29, 1.82) is 0 Å². The molecule has 0 aliphatic carbocycles. The molecule has 2 aliphatic rings. The van der Waals surface area contributed by atoms with Gasteiger partial charge in [-0.25, -0.2) is 13.1 Å². The number of piperidine rings is 1. The van der Waals surface area contributed by atoms with E-state index in [-0.39, 0.29) is 6.17 Å². The number of nitrogens with one attached hydrogen (secondary N) is 2. The van der Waals surface area contributed by atoms with Crippen molar-refractivity contribution in [2.75, 3.05) is 18.4 Å². The normalized spacial score (nSPS) is 22.9. The first-order valence-corrected chi connectivity index (χ1v) is 10.2. The third-order valence-electron chi connectivity index (χ3n) is 4.12. The number of fused-ring (bicyclic) bond motifs is 1. The molecule has 3 rings (SSSR count). The van der Waals surface area contributed by atoms with Crippen LogP contribution in [0.5, 0.6) is 0 Å². The zero-order chi connectivity index (χ0) is 15.6. The maximum absolute atomic E-state index is 12.7. The number of hydrogen-bond acceptors (Lipinski definition) is 5. The van der Waals surface area contributed by atoms with Crippen molar-refractivity contribution in [2.24, 2.45) is 0 Å². The van der Waals surface area contributed by atoms with Gasteiger partial charge in [0.1, 0.15) is 0 Å². The Morgan fingerprint density at radius 2 is 2.05 bits per heavy atom. The summed E-state index contributed by atoms with van der Waals surface area (Å²) >= 11 is 1.52. The van der Waals surface area contributed by atoms with Crippen LogP contribution in [0.15, 0.2) is 28.0 Å². The van der Waals surface area contributed by atoms with E-state index in [4.69, 9.17) is 0 Å². The Labute approximate surface area is 137 Å². The predicted octanol–water partition coefficient (Wildman–Crippen LogP) is 3.01. The lowest BCUT2D eigenvalue weighted by atomic mass is 10.2. The minimum atomic E-state index is -3.35. The highest BCUT2D eigenvalue weighted by molar-refractivity contribution is 7.97. The summed E-state index contributed by atoms with van der Waals surface area (Å²) in [6.07, 6.45) is 5.43. The lowest BCUT2D eigenvalue weighted by molar-refractivity contribution is 0.346. The fraction of sp³-hybridized carbons (Fsp3) is 0.600. The van der Waals surface area contributed by atoms with Crippen LogP contribution >= 0.6 is 11.9 Å². The van der Waals surface area contributed by atoms with Gasteiger partial charge in [-0.2, -0.15) is 4.31 Å². The molecule has 0 aromatic heterocycles. The highest BCUT2D eigenvalue weighted by Crippen LogP contribution is 2.34. The maximum atomic E-state index is 12.7. The largest absolute Gasteiger partial charge is 0.368 e. The van der Waals surface area contributed by atoms with Crippen LogP contribution in [-0.2, 0) is 10.0 Å². The third kappa shape index (κ3) is 3.27. The van der Waals surface area contributed by atoms with E-state index < -0.39 is 10.0 Å². The Hall–Kier alpha value is -0.760. The molecule has 1 aromatic rings. The van der Waals surface area contributed by atoms with Gasteiger partial charge in [-0.05, 0) is 49.4 Å². The van der Waals surface area contributed by atoms with Gasteiger partial charge in [-0.3, -0.25) is 0 Å². The summed E-state index contributed by atoms with van der Waals surface area (Å²) in [7, 11) is -3.35. The number of benzene rings is 1. The summed E-state index contributed by atoms with van der Waals surface area (Å²) in [5, 5.41) is 3.42. The zero-order valence-corrected chi connectivity index (χ0v) is 14.5. The summed E-state index contributed by atoms with van der Waals surface area (Å²) in [5.41, 5.74) is 1.01. The molecule has 0 radical (unpaired) electrons. The molecule has 0 bridgehead atoms. The smallest absolute Gasteiger partial charge is 0.243 e. The van der Waals surface area contributed by atoms with Crippen molar-refractivity contribution in [3.63, 3.8) is 0 Å². The Morgan fingerprint density at radius 3 is 2.77 bits per heavy atom. The molecule has 1 aromatic carbocycles. The van der Waals surface area contributed by atoms with Crippen LogP contribution in [0.1, 0.15) is 39.0 Å².